The van der Waals surface area contributed by atoms with Gasteiger partial charge in [0.1, 0.15) is 0 Å². The molecular weight excluding hydrogens is 270 g/mol. The highest BCUT2D eigenvalue weighted by molar-refractivity contribution is 7.92. The van der Waals surface area contributed by atoms with Crippen molar-refractivity contribution in [2.45, 2.75) is 36.8 Å². The van der Waals surface area contributed by atoms with Gasteiger partial charge < -0.3 is 0 Å². The molecule has 0 aliphatic rings. The summed E-state index contributed by atoms with van der Waals surface area (Å²) in [6.45, 7) is 3.80. The molecule has 0 aliphatic carbocycles. The summed E-state index contributed by atoms with van der Waals surface area (Å²) in [5.41, 5.74) is 0. The number of hydrogen-bond donors (Lipinski definition) is 0. The quantitative estimate of drug-likeness (QED) is 0.832. The predicted octanol–water partition coefficient (Wildman–Crippen LogP) is 3.44. The lowest BCUT2D eigenvalue weighted by Gasteiger charge is -2.19. The van der Waals surface area contributed by atoms with Gasteiger partial charge in [-0.1, -0.05) is 38.3 Å². The summed E-state index contributed by atoms with van der Waals surface area (Å²) in [6.07, 6.45) is 1.34. The van der Waals surface area contributed by atoms with Crippen LogP contribution in [0.4, 0.5) is 0 Å². The van der Waals surface area contributed by atoms with E-state index in [1.165, 1.54) is 24.3 Å². The molecule has 1 unspecified atom stereocenters. The number of hydrogen-bond acceptors (Lipinski definition) is 3. The SMILES string of the molecule is CCC(CC)C(C#N)S(=O)(=O)c1ccc(Cl)cc1. The van der Waals surface area contributed by atoms with Gasteiger partial charge >= 0.3 is 0 Å². The Morgan fingerprint density at radius 2 is 1.72 bits per heavy atom. The van der Waals surface area contributed by atoms with Crippen LogP contribution < -0.4 is 0 Å². The molecule has 1 atom stereocenters. The lowest BCUT2D eigenvalue weighted by Crippen LogP contribution is -2.28. The molecule has 1 aromatic carbocycles. The summed E-state index contributed by atoms with van der Waals surface area (Å²) in [5, 5.41) is 8.64. The first kappa shape index (κ1) is 15.0. The number of halogens is 1. The van der Waals surface area contributed by atoms with Crippen LogP contribution in [-0.2, 0) is 9.84 Å². The van der Waals surface area contributed by atoms with E-state index in [9.17, 15) is 8.42 Å². The van der Waals surface area contributed by atoms with Gasteiger partial charge in [0.15, 0.2) is 15.1 Å². The topological polar surface area (TPSA) is 57.9 Å². The summed E-state index contributed by atoms with van der Waals surface area (Å²) < 4.78 is 24.7. The van der Waals surface area contributed by atoms with Crippen LogP contribution >= 0.6 is 11.6 Å². The molecule has 18 heavy (non-hydrogen) atoms. The lowest BCUT2D eigenvalue weighted by atomic mass is 10.0. The van der Waals surface area contributed by atoms with Gasteiger partial charge in [-0.25, -0.2) is 8.42 Å². The zero-order chi connectivity index (χ0) is 13.8. The van der Waals surface area contributed by atoms with Gasteiger partial charge in [0, 0.05) is 5.02 Å². The molecule has 0 saturated heterocycles. The molecule has 0 N–H and O–H groups in total. The molecule has 0 spiro atoms. The zero-order valence-electron chi connectivity index (χ0n) is 10.4. The minimum absolute atomic E-state index is 0.143. The van der Waals surface area contributed by atoms with Gasteiger partial charge in [-0.05, 0) is 30.2 Å². The molecule has 0 bridgehead atoms. The number of benzene rings is 1. The Balaban J connectivity index is 3.19. The third kappa shape index (κ3) is 3.04. The zero-order valence-corrected chi connectivity index (χ0v) is 12.0. The van der Waals surface area contributed by atoms with Gasteiger partial charge in [0.05, 0.1) is 11.0 Å². The van der Waals surface area contributed by atoms with E-state index < -0.39 is 15.1 Å². The minimum Gasteiger partial charge on any atom is -0.222 e. The molecule has 1 aromatic rings. The maximum Gasteiger partial charge on any atom is 0.194 e. The van der Waals surface area contributed by atoms with Crippen LogP contribution in [0.25, 0.3) is 0 Å². The van der Waals surface area contributed by atoms with Crippen LogP contribution in [0.3, 0.4) is 0 Å². The fourth-order valence-electron chi connectivity index (χ4n) is 1.92. The monoisotopic (exact) mass is 285 g/mol. The van der Waals surface area contributed by atoms with Crippen LogP contribution in [0.5, 0.6) is 0 Å². The number of sulfone groups is 1. The summed E-state index contributed by atoms with van der Waals surface area (Å²) >= 11 is 5.73. The first-order chi connectivity index (χ1) is 8.47. The van der Waals surface area contributed by atoms with Crippen molar-refractivity contribution in [1.29, 1.82) is 5.26 Å². The van der Waals surface area contributed by atoms with Gasteiger partial charge in [-0.15, -0.1) is 0 Å². The van der Waals surface area contributed by atoms with Crippen LogP contribution in [0.15, 0.2) is 29.2 Å². The van der Waals surface area contributed by atoms with Crippen molar-refractivity contribution in [1.82, 2.24) is 0 Å². The highest BCUT2D eigenvalue weighted by Gasteiger charge is 2.32. The summed E-state index contributed by atoms with van der Waals surface area (Å²) in [6, 6.07) is 7.88. The largest absolute Gasteiger partial charge is 0.222 e. The predicted molar refractivity (Wildman–Crippen MR) is 72.1 cm³/mol. The standard InChI is InChI=1S/C13H16ClNO2S/c1-3-10(4-2)13(9-15)18(16,17)12-7-5-11(14)6-8-12/h5-8,10,13H,3-4H2,1-2H3. The molecule has 0 aromatic heterocycles. The molecule has 0 amide bonds. The van der Waals surface area contributed by atoms with E-state index in [0.717, 1.165) is 0 Å². The third-order valence-corrected chi connectivity index (χ3v) is 5.42. The van der Waals surface area contributed by atoms with Gasteiger partial charge in [-0.2, -0.15) is 5.26 Å². The lowest BCUT2D eigenvalue weighted by molar-refractivity contribution is 0.486. The smallest absolute Gasteiger partial charge is 0.194 e. The summed E-state index contributed by atoms with van der Waals surface area (Å²) in [5.74, 6) is -0.143. The first-order valence-corrected chi connectivity index (χ1v) is 7.78. The average molecular weight is 286 g/mol. The van der Waals surface area contributed by atoms with E-state index in [-0.39, 0.29) is 10.8 Å². The van der Waals surface area contributed by atoms with Gasteiger partial charge in [-0.3, -0.25) is 0 Å². The van der Waals surface area contributed by atoms with Crippen LogP contribution in [0.1, 0.15) is 26.7 Å². The Bertz CT molecular complexity index is 527. The Morgan fingerprint density at radius 3 is 2.11 bits per heavy atom. The van der Waals surface area contributed by atoms with E-state index in [1.807, 2.05) is 19.9 Å². The van der Waals surface area contributed by atoms with Crippen molar-refractivity contribution in [3.63, 3.8) is 0 Å². The van der Waals surface area contributed by atoms with Crippen molar-refractivity contribution in [2.24, 2.45) is 5.92 Å². The van der Waals surface area contributed by atoms with E-state index >= 15 is 0 Å². The summed E-state index contributed by atoms with van der Waals surface area (Å²) in [4.78, 5) is 0.158. The number of rotatable bonds is 5. The molecule has 0 heterocycles. The average Bonchev–Trinajstić information content (AvgIpc) is 2.35. The molecular formula is C13H16ClNO2S. The van der Waals surface area contributed by atoms with Crippen LogP contribution in [0, 0.1) is 17.2 Å². The number of nitriles is 1. The summed E-state index contributed by atoms with van der Waals surface area (Å²) in [7, 11) is -3.61. The van der Waals surface area contributed by atoms with Crippen molar-refractivity contribution >= 4 is 21.4 Å². The Morgan fingerprint density at radius 1 is 1.22 bits per heavy atom. The fraction of sp³-hybridized carbons (Fsp3) is 0.462. The van der Waals surface area contributed by atoms with Crippen molar-refractivity contribution < 1.29 is 8.42 Å². The normalized spacial score (nSPS) is 13.3. The third-order valence-electron chi connectivity index (χ3n) is 3.08. The Kier molecular flexibility index (Phi) is 5.18. The highest BCUT2D eigenvalue weighted by Crippen LogP contribution is 2.26. The second-order valence-corrected chi connectivity index (χ2v) is 6.63. The van der Waals surface area contributed by atoms with Crippen molar-refractivity contribution in [3.05, 3.63) is 29.3 Å². The number of nitrogens with zero attached hydrogens (tertiary/aromatic N) is 1. The molecule has 3 nitrogen and oxygen atoms in total. The fourth-order valence-corrected chi connectivity index (χ4v) is 3.88. The molecule has 0 fully saturated rings. The Hall–Kier alpha value is -1.05. The second kappa shape index (κ2) is 6.21. The maximum absolute atomic E-state index is 12.4. The van der Waals surface area contributed by atoms with Crippen LogP contribution in [-0.4, -0.2) is 13.7 Å². The van der Waals surface area contributed by atoms with Gasteiger partial charge in [0.25, 0.3) is 0 Å². The molecule has 98 valence electrons. The minimum atomic E-state index is -3.61. The molecule has 1 rings (SSSR count). The second-order valence-electron chi connectivity index (χ2n) is 4.13. The molecule has 0 radical (unpaired) electrons. The van der Waals surface area contributed by atoms with Crippen molar-refractivity contribution in [3.8, 4) is 6.07 Å². The van der Waals surface area contributed by atoms with Crippen LogP contribution in [0.2, 0.25) is 5.02 Å². The Labute approximate surface area is 113 Å². The van der Waals surface area contributed by atoms with E-state index in [0.29, 0.717) is 17.9 Å². The van der Waals surface area contributed by atoms with E-state index in [1.54, 1.807) is 0 Å². The van der Waals surface area contributed by atoms with E-state index in [4.69, 9.17) is 16.9 Å². The van der Waals surface area contributed by atoms with E-state index in [2.05, 4.69) is 0 Å². The molecule has 0 saturated carbocycles. The maximum atomic E-state index is 12.4. The van der Waals surface area contributed by atoms with Crippen molar-refractivity contribution in [2.75, 3.05) is 0 Å². The first-order valence-electron chi connectivity index (χ1n) is 5.86. The molecule has 0 aliphatic heterocycles. The van der Waals surface area contributed by atoms with Gasteiger partial charge in [0.2, 0.25) is 0 Å². The highest BCUT2D eigenvalue weighted by atomic mass is 35.5. The molecule has 5 heteroatoms.